The Morgan fingerprint density at radius 1 is 0.950 bits per heavy atom. The summed E-state index contributed by atoms with van der Waals surface area (Å²) in [5.74, 6) is -0.249. The van der Waals surface area contributed by atoms with Gasteiger partial charge in [-0.05, 0) is 57.3 Å². The lowest BCUT2D eigenvalue weighted by molar-refractivity contribution is 0.0600. The fourth-order valence-electron chi connectivity index (χ4n) is 3.84. The van der Waals surface area contributed by atoms with Crippen molar-refractivity contribution in [3.05, 3.63) is 65.9 Å². The number of anilines is 1. The third-order valence-corrected chi connectivity index (χ3v) is 7.88. The molecule has 1 aliphatic rings. The molecule has 0 atom stereocenters. The number of carbonyl (C=O) groups excluding carboxylic acids is 2. The molecule has 0 saturated carbocycles. The summed E-state index contributed by atoms with van der Waals surface area (Å²) in [6.07, 6.45) is 1.08. The first-order valence-corrected chi connectivity index (χ1v) is 14.0. The molecule has 1 N–H and O–H groups in total. The number of ether oxygens (including phenoxy) is 3. The summed E-state index contributed by atoms with van der Waals surface area (Å²) in [6, 6.07) is 11.9. The second kappa shape index (κ2) is 12.4. The summed E-state index contributed by atoms with van der Waals surface area (Å²) in [4.78, 5) is 35.3. The second-order valence-corrected chi connectivity index (χ2v) is 11.3. The van der Waals surface area contributed by atoms with Gasteiger partial charge < -0.3 is 24.4 Å². The largest absolute Gasteiger partial charge is 0.475 e. The van der Waals surface area contributed by atoms with Crippen LogP contribution < -0.4 is 14.8 Å². The summed E-state index contributed by atoms with van der Waals surface area (Å²) < 4.78 is 43.7. The molecular formula is C27H31N5O7S. The first-order chi connectivity index (χ1) is 19.0. The van der Waals surface area contributed by atoms with Crippen LogP contribution in [0, 0.1) is 0 Å². The summed E-state index contributed by atoms with van der Waals surface area (Å²) >= 11 is 0. The molecule has 0 bridgehead atoms. The van der Waals surface area contributed by atoms with E-state index in [-0.39, 0.29) is 39.7 Å². The lowest BCUT2D eigenvalue weighted by Gasteiger charge is -2.31. The number of aromatic nitrogens is 2. The van der Waals surface area contributed by atoms with Gasteiger partial charge in [0.2, 0.25) is 21.8 Å². The van der Waals surface area contributed by atoms with E-state index in [2.05, 4.69) is 24.9 Å². The number of rotatable bonds is 9. The number of amides is 1. The Morgan fingerprint density at radius 3 is 2.23 bits per heavy atom. The van der Waals surface area contributed by atoms with Gasteiger partial charge >= 0.3 is 5.97 Å². The highest BCUT2D eigenvalue weighted by Gasteiger charge is 2.27. The SMILES string of the molecule is COC(=O)c1ccc(NC(=O)c2cc(Oc3ccc(S(=O)(=O)N4CCN(C)CC4)cc3)nc(OC(C)C)c2)nc1. The minimum Gasteiger partial charge on any atom is -0.475 e. The molecule has 0 aliphatic carbocycles. The smallest absolute Gasteiger partial charge is 0.339 e. The van der Waals surface area contributed by atoms with Crippen LogP contribution in [0.2, 0.25) is 0 Å². The Bertz CT molecular complexity index is 1450. The average Bonchev–Trinajstić information content (AvgIpc) is 2.93. The van der Waals surface area contributed by atoms with Crippen LogP contribution in [0.5, 0.6) is 17.5 Å². The topological polar surface area (TPSA) is 140 Å². The monoisotopic (exact) mass is 569 g/mol. The zero-order valence-electron chi connectivity index (χ0n) is 22.7. The maximum absolute atomic E-state index is 13.0. The van der Waals surface area contributed by atoms with Gasteiger partial charge in [-0.3, -0.25) is 4.79 Å². The van der Waals surface area contributed by atoms with Gasteiger partial charge in [-0.25, -0.2) is 18.2 Å². The van der Waals surface area contributed by atoms with Gasteiger partial charge in [-0.2, -0.15) is 9.29 Å². The van der Waals surface area contributed by atoms with Crippen molar-refractivity contribution in [2.45, 2.75) is 24.8 Å². The highest BCUT2D eigenvalue weighted by atomic mass is 32.2. The highest BCUT2D eigenvalue weighted by Crippen LogP contribution is 2.27. The molecular weight excluding hydrogens is 538 g/mol. The molecule has 40 heavy (non-hydrogen) atoms. The predicted molar refractivity (Wildman–Crippen MR) is 146 cm³/mol. The molecule has 0 radical (unpaired) electrons. The van der Waals surface area contributed by atoms with Gasteiger partial charge in [0.1, 0.15) is 11.6 Å². The third kappa shape index (κ3) is 7.11. The van der Waals surface area contributed by atoms with Gasteiger partial charge in [-0.1, -0.05) is 0 Å². The molecule has 1 aliphatic heterocycles. The number of sulfonamides is 1. The zero-order valence-corrected chi connectivity index (χ0v) is 23.5. The van der Waals surface area contributed by atoms with E-state index >= 15 is 0 Å². The number of nitrogens with zero attached hydrogens (tertiary/aromatic N) is 4. The number of hydrogen-bond donors (Lipinski definition) is 1. The Morgan fingerprint density at radius 2 is 1.62 bits per heavy atom. The first kappa shape index (κ1) is 28.9. The highest BCUT2D eigenvalue weighted by molar-refractivity contribution is 7.89. The van der Waals surface area contributed by atoms with Crippen LogP contribution in [-0.2, 0) is 14.8 Å². The van der Waals surface area contributed by atoms with Crippen molar-refractivity contribution >= 4 is 27.7 Å². The van der Waals surface area contributed by atoms with Gasteiger partial charge in [-0.15, -0.1) is 0 Å². The summed E-state index contributed by atoms with van der Waals surface area (Å²) in [5.41, 5.74) is 0.434. The molecule has 1 amide bonds. The zero-order chi connectivity index (χ0) is 28.9. The molecule has 1 saturated heterocycles. The fourth-order valence-corrected chi connectivity index (χ4v) is 5.26. The van der Waals surface area contributed by atoms with E-state index in [0.717, 1.165) is 0 Å². The van der Waals surface area contributed by atoms with E-state index in [0.29, 0.717) is 31.9 Å². The Kier molecular flexibility index (Phi) is 8.97. The van der Waals surface area contributed by atoms with E-state index < -0.39 is 21.9 Å². The van der Waals surface area contributed by atoms with Gasteiger partial charge in [0.15, 0.2) is 0 Å². The number of benzene rings is 1. The van der Waals surface area contributed by atoms with Crippen molar-refractivity contribution in [1.29, 1.82) is 0 Å². The van der Waals surface area contributed by atoms with Gasteiger partial charge in [0.05, 0.1) is 29.2 Å². The molecule has 4 rings (SSSR count). The second-order valence-electron chi connectivity index (χ2n) is 9.36. The third-order valence-electron chi connectivity index (χ3n) is 5.97. The Hall–Kier alpha value is -4.07. The van der Waals surface area contributed by atoms with Crippen LogP contribution >= 0.6 is 0 Å². The minimum atomic E-state index is -3.62. The van der Waals surface area contributed by atoms with E-state index in [9.17, 15) is 18.0 Å². The molecule has 1 aromatic carbocycles. The predicted octanol–water partition coefficient (Wildman–Crippen LogP) is 3.03. The Labute approximate surface area is 232 Å². The van der Waals surface area contributed by atoms with Gasteiger partial charge in [0, 0.05) is 44.5 Å². The lowest BCUT2D eigenvalue weighted by atomic mass is 10.2. The molecule has 2 aromatic heterocycles. The molecule has 0 spiro atoms. The van der Waals surface area contributed by atoms with Crippen molar-refractivity contribution in [2.75, 3.05) is 45.7 Å². The summed E-state index contributed by atoms with van der Waals surface area (Å²) in [6.45, 7) is 5.85. The van der Waals surface area contributed by atoms with Crippen molar-refractivity contribution in [1.82, 2.24) is 19.2 Å². The number of nitrogens with one attached hydrogen (secondary N) is 1. The Balaban J connectivity index is 1.51. The summed E-state index contributed by atoms with van der Waals surface area (Å²) in [7, 11) is -0.395. The molecule has 1 fully saturated rings. The van der Waals surface area contributed by atoms with E-state index in [1.807, 2.05) is 20.9 Å². The quantitative estimate of drug-likeness (QED) is 0.382. The number of methoxy groups -OCH3 is 1. The van der Waals surface area contributed by atoms with Crippen molar-refractivity contribution in [2.24, 2.45) is 0 Å². The minimum absolute atomic E-state index is 0.0759. The number of likely N-dealkylation sites (N-methyl/N-ethyl adjacent to an activating group) is 1. The van der Waals surface area contributed by atoms with Crippen LogP contribution in [0.25, 0.3) is 0 Å². The summed E-state index contributed by atoms with van der Waals surface area (Å²) in [5, 5.41) is 2.66. The van der Waals surface area contributed by atoms with Crippen LogP contribution in [0.1, 0.15) is 34.6 Å². The number of hydrogen-bond acceptors (Lipinski definition) is 10. The van der Waals surface area contributed by atoms with Crippen LogP contribution in [-0.4, -0.2) is 85.9 Å². The number of pyridine rings is 2. The van der Waals surface area contributed by atoms with Crippen molar-refractivity contribution in [3.8, 4) is 17.5 Å². The maximum Gasteiger partial charge on any atom is 0.339 e. The standard InChI is InChI=1S/C27H31N5O7S/c1-18(2)38-24-15-20(26(33)29-23-10-5-19(17-28-23)27(34)37-4)16-25(30-24)39-21-6-8-22(9-7-21)40(35,36)32-13-11-31(3)12-14-32/h5-10,15-18H,11-14H2,1-4H3,(H,28,29,33). The average molecular weight is 570 g/mol. The van der Waals surface area contributed by atoms with Crippen LogP contribution in [0.4, 0.5) is 5.82 Å². The molecule has 3 heterocycles. The van der Waals surface area contributed by atoms with E-state index in [4.69, 9.17) is 9.47 Å². The number of piperazine rings is 1. The number of esters is 1. The first-order valence-electron chi connectivity index (χ1n) is 12.6. The lowest BCUT2D eigenvalue weighted by Crippen LogP contribution is -2.46. The molecule has 12 nitrogen and oxygen atoms in total. The number of carbonyl (C=O) groups is 2. The molecule has 0 unspecified atom stereocenters. The van der Waals surface area contributed by atoms with E-state index in [1.54, 1.807) is 0 Å². The van der Waals surface area contributed by atoms with E-state index in [1.165, 1.54) is 66.1 Å². The molecule has 212 valence electrons. The normalized spacial score (nSPS) is 14.5. The molecule has 3 aromatic rings. The molecule has 13 heteroatoms. The van der Waals surface area contributed by atoms with Crippen molar-refractivity contribution in [3.63, 3.8) is 0 Å². The van der Waals surface area contributed by atoms with Crippen molar-refractivity contribution < 1.29 is 32.2 Å². The van der Waals surface area contributed by atoms with Crippen LogP contribution in [0.15, 0.2) is 59.6 Å². The van der Waals surface area contributed by atoms with Gasteiger partial charge in [0.25, 0.3) is 5.91 Å². The maximum atomic E-state index is 13.0. The fraction of sp³-hybridized carbons (Fsp3) is 0.333. The van der Waals surface area contributed by atoms with Crippen LogP contribution in [0.3, 0.4) is 0 Å².